The Morgan fingerprint density at radius 1 is 1.33 bits per heavy atom. The van der Waals surface area contributed by atoms with Crippen molar-refractivity contribution in [3.8, 4) is 0 Å². The average Bonchev–Trinajstić information content (AvgIpc) is 2.87. The Morgan fingerprint density at radius 3 is 2.90 bits per heavy atom. The first-order valence-electron chi connectivity index (χ1n) is 8.32. The molecule has 1 atom stereocenters. The van der Waals surface area contributed by atoms with Crippen molar-refractivity contribution in [2.24, 2.45) is 0 Å². The summed E-state index contributed by atoms with van der Waals surface area (Å²) in [7, 11) is 2.16. The number of nitrogens with one attached hydrogen (secondary N) is 1. The first-order valence-corrected chi connectivity index (χ1v) is 8.32. The lowest BCUT2D eigenvalue weighted by Gasteiger charge is -2.30. The maximum atomic E-state index is 5.82. The van der Waals surface area contributed by atoms with E-state index in [1.807, 2.05) is 0 Å². The molecule has 0 aromatic carbocycles. The average molecular weight is 292 g/mol. The minimum atomic E-state index is 0.264. The summed E-state index contributed by atoms with van der Waals surface area (Å²) in [5, 5.41) is 3.52. The van der Waals surface area contributed by atoms with E-state index in [2.05, 4.69) is 39.9 Å². The van der Waals surface area contributed by atoms with Crippen molar-refractivity contribution in [1.29, 1.82) is 0 Å². The minimum absolute atomic E-state index is 0.264. The lowest BCUT2D eigenvalue weighted by molar-refractivity contribution is -0.0118. The van der Waals surface area contributed by atoms with Crippen LogP contribution in [0.25, 0.3) is 0 Å². The molecule has 2 fully saturated rings. The van der Waals surface area contributed by atoms with Gasteiger partial charge in [0.05, 0.1) is 18.4 Å². The third-order valence-electron chi connectivity index (χ3n) is 4.65. The minimum Gasteiger partial charge on any atom is -0.374 e. The van der Waals surface area contributed by atoms with Gasteiger partial charge in [-0.3, -0.25) is 0 Å². The number of hydrogen-bond acceptors (Lipinski definition) is 4. The Labute approximate surface area is 127 Å². The molecule has 1 aliphatic heterocycles. The van der Waals surface area contributed by atoms with Crippen molar-refractivity contribution in [2.45, 2.75) is 51.2 Å². The fourth-order valence-corrected chi connectivity index (χ4v) is 3.48. The zero-order valence-electron chi connectivity index (χ0n) is 13.3. The Kier molecular flexibility index (Phi) is 4.80. The predicted octanol–water partition coefficient (Wildman–Crippen LogP) is 2.44. The third kappa shape index (κ3) is 3.77. The van der Waals surface area contributed by atoms with Gasteiger partial charge in [-0.1, -0.05) is 19.3 Å². The Balaban J connectivity index is 1.61. The molecule has 1 N–H and O–H groups in total. The maximum absolute atomic E-state index is 5.82. The van der Waals surface area contributed by atoms with Gasteiger partial charge in [0.25, 0.3) is 0 Å². The summed E-state index contributed by atoms with van der Waals surface area (Å²) in [5.41, 5.74) is 1.10. The lowest BCUT2D eigenvalue weighted by Crippen LogP contribution is -2.43. The topological polar surface area (TPSA) is 42.3 Å². The van der Waals surface area contributed by atoms with Gasteiger partial charge >= 0.3 is 0 Å². The van der Waals surface area contributed by atoms with Crippen LogP contribution >= 0.6 is 0 Å². The van der Waals surface area contributed by atoms with Crippen molar-refractivity contribution in [3.05, 3.63) is 11.9 Å². The molecule has 2 heterocycles. The SMILES string of the molecule is Cc1cn(C2CCCCC2)c(NCC2CN(C)CCO2)n1. The summed E-state index contributed by atoms with van der Waals surface area (Å²) in [4.78, 5) is 7.00. The van der Waals surface area contributed by atoms with E-state index in [-0.39, 0.29) is 6.10 Å². The molecule has 2 aliphatic rings. The normalized spacial score (nSPS) is 25.1. The predicted molar refractivity (Wildman–Crippen MR) is 84.8 cm³/mol. The van der Waals surface area contributed by atoms with Gasteiger partial charge in [-0.2, -0.15) is 0 Å². The van der Waals surface area contributed by atoms with E-state index in [0.29, 0.717) is 6.04 Å². The van der Waals surface area contributed by atoms with Crippen LogP contribution in [-0.2, 0) is 4.74 Å². The second kappa shape index (κ2) is 6.79. The summed E-state index contributed by atoms with van der Waals surface area (Å²) in [6.45, 7) is 5.78. The number of anilines is 1. The van der Waals surface area contributed by atoms with Crippen LogP contribution in [0.2, 0.25) is 0 Å². The molecular formula is C16H28N4O. The highest BCUT2D eigenvalue weighted by Crippen LogP contribution is 2.30. The Bertz CT molecular complexity index is 453. The number of ether oxygens (including phenoxy) is 1. The first-order chi connectivity index (χ1) is 10.2. The van der Waals surface area contributed by atoms with Gasteiger partial charge < -0.3 is 19.5 Å². The van der Waals surface area contributed by atoms with Crippen LogP contribution in [0, 0.1) is 6.92 Å². The number of nitrogens with zero attached hydrogens (tertiary/aromatic N) is 3. The van der Waals surface area contributed by atoms with Gasteiger partial charge in [-0.25, -0.2) is 4.98 Å². The van der Waals surface area contributed by atoms with Crippen molar-refractivity contribution in [3.63, 3.8) is 0 Å². The van der Waals surface area contributed by atoms with Crippen molar-refractivity contribution >= 4 is 5.95 Å². The van der Waals surface area contributed by atoms with E-state index in [4.69, 9.17) is 4.74 Å². The molecular weight excluding hydrogens is 264 g/mol. The molecule has 5 nitrogen and oxygen atoms in total. The van der Waals surface area contributed by atoms with Crippen molar-refractivity contribution in [1.82, 2.24) is 14.5 Å². The molecule has 1 saturated carbocycles. The molecule has 21 heavy (non-hydrogen) atoms. The first kappa shape index (κ1) is 14.9. The second-order valence-corrected chi connectivity index (χ2v) is 6.54. The molecule has 0 bridgehead atoms. The number of hydrogen-bond donors (Lipinski definition) is 1. The summed E-state index contributed by atoms with van der Waals surface area (Å²) in [6.07, 6.45) is 9.11. The van der Waals surface area contributed by atoms with Gasteiger partial charge in [0.1, 0.15) is 0 Å². The summed E-state index contributed by atoms with van der Waals surface area (Å²) in [5.74, 6) is 1.02. The van der Waals surface area contributed by atoms with Crippen molar-refractivity contribution < 1.29 is 4.74 Å². The fourth-order valence-electron chi connectivity index (χ4n) is 3.48. The van der Waals surface area contributed by atoms with Gasteiger partial charge in [0.15, 0.2) is 0 Å². The van der Waals surface area contributed by atoms with E-state index in [1.54, 1.807) is 0 Å². The van der Waals surface area contributed by atoms with Gasteiger partial charge in [0, 0.05) is 31.9 Å². The number of imidazole rings is 1. The fraction of sp³-hybridized carbons (Fsp3) is 0.812. The largest absolute Gasteiger partial charge is 0.374 e. The van der Waals surface area contributed by atoms with Crippen LogP contribution in [-0.4, -0.2) is 53.8 Å². The monoisotopic (exact) mass is 292 g/mol. The highest BCUT2D eigenvalue weighted by atomic mass is 16.5. The van der Waals surface area contributed by atoms with Crippen LogP contribution < -0.4 is 5.32 Å². The molecule has 3 rings (SSSR count). The highest BCUT2D eigenvalue weighted by molar-refractivity contribution is 5.30. The van der Waals surface area contributed by atoms with Crippen LogP contribution in [0.4, 0.5) is 5.95 Å². The van der Waals surface area contributed by atoms with Gasteiger partial charge in [-0.15, -0.1) is 0 Å². The van der Waals surface area contributed by atoms with E-state index in [9.17, 15) is 0 Å². The third-order valence-corrected chi connectivity index (χ3v) is 4.65. The van der Waals surface area contributed by atoms with Gasteiger partial charge in [-0.05, 0) is 26.8 Å². The molecule has 1 aliphatic carbocycles. The van der Waals surface area contributed by atoms with Crippen LogP contribution in [0.1, 0.15) is 43.8 Å². The molecule has 5 heteroatoms. The van der Waals surface area contributed by atoms with E-state index in [0.717, 1.165) is 37.9 Å². The summed E-state index contributed by atoms with van der Waals surface area (Å²) in [6, 6.07) is 0.623. The molecule has 1 aromatic rings. The summed E-state index contributed by atoms with van der Waals surface area (Å²) < 4.78 is 8.18. The Hall–Kier alpha value is -1.07. The Morgan fingerprint density at radius 2 is 2.14 bits per heavy atom. The molecule has 0 radical (unpaired) electrons. The van der Waals surface area contributed by atoms with Crippen LogP contribution in [0.15, 0.2) is 6.20 Å². The zero-order chi connectivity index (χ0) is 14.7. The zero-order valence-corrected chi connectivity index (χ0v) is 13.3. The quantitative estimate of drug-likeness (QED) is 0.925. The molecule has 1 saturated heterocycles. The van der Waals surface area contributed by atoms with Crippen molar-refractivity contribution in [2.75, 3.05) is 38.6 Å². The molecule has 0 amide bonds. The number of rotatable bonds is 4. The number of likely N-dealkylation sites (N-methyl/N-ethyl adjacent to an activating group) is 1. The standard InChI is InChI=1S/C16H28N4O/c1-13-11-20(14-6-4-3-5-7-14)16(18-13)17-10-15-12-19(2)8-9-21-15/h11,14-15H,3-10,12H2,1-2H3,(H,17,18). The second-order valence-electron chi connectivity index (χ2n) is 6.54. The lowest BCUT2D eigenvalue weighted by atomic mass is 9.95. The highest BCUT2D eigenvalue weighted by Gasteiger charge is 2.21. The summed E-state index contributed by atoms with van der Waals surface area (Å²) >= 11 is 0. The van der Waals surface area contributed by atoms with E-state index >= 15 is 0 Å². The van der Waals surface area contributed by atoms with E-state index in [1.165, 1.54) is 32.1 Å². The maximum Gasteiger partial charge on any atom is 0.203 e. The molecule has 1 aromatic heterocycles. The van der Waals surface area contributed by atoms with Gasteiger partial charge in [0.2, 0.25) is 5.95 Å². The number of aromatic nitrogens is 2. The smallest absolute Gasteiger partial charge is 0.203 e. The molecule has 0 spiro atoms. The molecule has 118 valence electrons. The van der Waals surface area contributed by atoms with Crippen LogP contribution in [0.5, 0.6) is 0 Å². The number of morpholine rings is 1. The van der Waals surface area contributed by atoms with Crippen LogP contribution in [0.3, 0.4) is 0 Å². The number of aryl methyl sites for hydroxylation is 1. The molecule has 1 unspecified atom stereocenters. The van der Waals surface area contributed by atoms with E-state index < -0.39 is 0 Å².